The van der Waals surface area contributed by atoms with Gasteiger partial charge in [-0.15, -0.1) is 0 Å². The van der Waals surface area contributed by atoms with Crippen LogP contribution in [0.25, 0.3) is 0 Å². The zero-order chi connectivity index (χ0) is 14.6. The van der Waals surface area contributed by atoms with Gasteiger partial charge in [-0.05, 0) is 6.92 Å². The summed E-state index contributed by atoms with van der Waals surface area (Å²) in [5, 5.41) is 24.5. The summed E-state index contributed by atoms with van der Waals surface area (Å²) < 4.78 is 0. The van der Waals surface area contributed by atoms with Crippen molar-refractivity contribution in [1.29, 1.82) is 0 Å². The van der Waals surface area contributed by atoms with Gasteiger partial charge in [0.25, 0.3) is 5.69 Å². The third kappa shape index (κ3) is 3.37. The number of likely N-dealkylation sites (N-methyl/N-ethyl adjacent to an activating group) is 1. The molecule has 9 heteroatoms. The Morgan fingerprint density at radius 2 is 2.16 bits per heavy atom. The van der Waals surface area contributed by atoms with Crippen molar-refractivity contribution in [2.24, 2.45) is 0 Å². The number of carbonyl (C=O) groups is 2. The number of anilines is 1. The zero-order valence-electron chi connectivity index (χ0n) is 10.2. The molecule has 1 heterocycles. The molecule has 0 aromatic carbocycles. The van der Waals surface area contributed by atoms with Crippen molar-refractivity contribution in [3.63, 3.8) is 0 Å². The summed E-state index contributed by atoms with van der Waals surface area (Å²) in [7, 11) is 1.43. The van der Waals surface area contributed by atoms with E-state index < -0.39 is 22.6 Å². The van der Waals surface area contributed by atoms with E-state index in [1.54, 1.807) is 0 Å². The van der Waals surface area contributed by atoms with Gasteiger partial charge < -0.3 is 15.7 Å². The fourth-order valence-electron chi connectivity index (χ4n) is 1.32. The summed E-state index contributed by atoms with van der Waals surface area (Å²) in [5.74, 6) is -1.84. The van der Waals surface area contributed by atoms with Gasteiger partial charge in [-0.3, -0.25) is 14.9 Å². The van der Waals surface area contributed by atoms with E-state index in [2.05, 4.69) is 15.6 Å². The number of carboxylic acid groups (broad SMARTS) is 1. The molecule has 1 aromatic heterocycles. The minimum atomic E-state index is -1.37. The largest absolute Gasteiger partial charge is 0.478 e. The highest BCUT2D eigenvalue weighted by molar-refractivity contribution is 5.95. The predicted molar refractivity (Wildman–Crippen MR) is 65.0 cm³/mol. The molecule has 0 fully saturated rings. The molecule has 102 valence electrons. The molecule has 19 heavy (non-hydrogen) atoms. The average Bonchev–Trinajstić information content (AvgIpc) is 2.37. The van der Waals surface area contributed by atoms with Crippen molar-refractivity contribution in [2.45, 2.75) is 13.0 Å². The van der Waals surface area contributed by atoms with Crippen LogP contribution >= 0.6 is 0 Å². The second-order valence-electron chi connectivity index (χ2n) is 3.63. The minimum Gasteiger partial charge on any atom is -0.478 e. The topological polar surface area (TPSA) is 134 Å². The summed E-state index contributed by atoms with van der Waals surface area (Å²) in [6.45, 7) is 1.51. The highest BCUT2D eigenvalue weighted by atomic mass is 16.6. The van der Waals surface area contributed by atoms with E-state index in [1.165, 1.54) is 14.0 Å². The minimum absolute atomic E-state index is 0.103. The highest BCUT2D eigenvalue weighted by Crippen LogP contribution is 2.19. The van der Waals surface area contributed by atoms with Crippen molar-refractivity contribution >= 4 is 23.4 Å². The maximum atomic E-state index is 11.3. The number of hydrogen-bond acceptors (Lipinski definition) is 6. The number of amides is 1. The van der Waals surface area contributed by atoms with Gasteiger partial charge in [-0.25, -0.2) is 9.78 Å². The first kappa shape index (κ1) is 14.4. The van der Waals surface area contributed by atoms with Crippen molar-refractivity contribution in [3.8, 4) is 0 Å². The molecule has 1 atom stereocenters. The lowest BCUT2D eigenvalue weighted by Crippen LogP contribution is -2.35. The highest BCUT2D eigenvalue weighted by Gasteiger charge is 2.20. The molecule has 0 saturated carbocycles. The van der Waals surface area contributed by atoms with Gasteiger partial charge in [0.15, 0.2) is 0 Å². The number of carbonyl (C=O) groups excluding carboxylic acids is 1. The molecule has 0 aliphatic heterocycles. The van der Waals surface area contributed by atoms with Gasteiger partial charge in [0.05, 0.1) is 4.92 Å². The number of aromatic nitrogens is 1. The van der Waals surface area contributed by atoms with Crippen LogP contribution in [-0.2, 0) is 4.79 Å². The van der Waals surface area contributed by atoms with E-state index >= 15 is 0 Å². The van der Waals surface area contributed by atoms with E-state index in [0.717, 1.165) is 12.3 Å². The second kappa shape index (κ2) is 5.76. The summed E-state index contributed by atoms with van der Waals surface area (Å²) in [6.07, 6.45) is 0.922. The fourth-order valence-corrected chi connectivity index (χ4v) is 1.32. The van der Waals surface area contributed by atoms with E-state index in [4.69, 9.17) is 5.11 Å². The summed E-state index contributed by atoms with van der Waals surface area (Å²) in [5.41, 5.74) is -0.805. The van der Waals surface area contributed by atoms with Crippen molar-refractivity contribution in [1.82, 2.24) is 10.3 Å². The number of nitro groups is 1. The third-order valence-electron chi connectivity index (χ3n) is 2.31. The molecule has 0 saturated heterocycles. The molecular weight excluding hydrogens is 256 g/mol. The van der Waals surface area contributed by atoms with Crippen LogP contribution in [-0.4, -0.2) is 40.0 Å². The van der Waals surface area contributed by atoms with Crippen LogP contribution in [0.3, 0.4) is 0 Å². The van der Waals surface area contributed by atoms with Crippen LogP contribution in [0.2, 0.25) is 0 Å². The number of aromatic carboxylic acids is 1. The smallest absolute Gasteiger partial charge is 0.339 e. The molecule has 0 radical (unpaired) electrons. The normalized spacial score (nSPS) is 11.5. The Kier molecular flexibility index (Phi) is 4.35. The summed E-state index contributed by atoms with van der Waals surface area (Å²) >= 11 is 0. The third-order valence-corrected chi connectivity index (χ3v) is 2.31. The number of nitrogens with zero attached hydrogens (tertiary/aromatic N) is 2. The number of pyridine rings is 1. The fraction of sp³-hybridized carbons (Fsp3) is 0.300. The van der Waals surface area contributed by atoms with Crippen LogP contribution in [0.5, 0.6) is 0 Å². The molecule has 0 aliphatic rings. The van der Waals surface area contributed by atoms with Gasteiger partial charge in [0, 0.05) is 13.1 Å². The van der Waals surface area contributed by atoms with Crippen LogP contribution in [0.1, 0.15) is 17.3 Å². The van der Waals surface area contributed by atoms with Crippen LogP contribution in [0, 0.1) is 10.1 Å². The zero-order valence-corrected chi connectivity index (χ0v) is 10.2. The first-order chi connectivity index (χ1) is 8.86. The molecular formula is C10H12N4O5. The summed E-state index contributed by atoms with van der Waals surface area (Å²) in [6, 6.07) is 0.158. The number of rotatable bonds is 5. The van der Waals surface area contributed by atoms with Gasteiger partial charge in [0.1, 0.15) is 23.6 Å². The number of hydrogen-bond donors (Lipinski definition) is 3. The van der Waals surface area contributed by atoms with Gasteiger partial charge >= 0.3 is 5.97 Å². The average molecular weight is 268 g/mol. The Morgan fingerprint density at radius 3 is 2.63 bits per heavy atom. The van der Waals surface area contributed by atoms with Crippen molar-refractivity contribution in [3.05, 3.63) is 27.9 Å². The Labute approximate surface area is 107 Å². The lowest BCUT2D eigenvalue weighted by molar-refractivity contribution is -0.385. The Morgan fingerprint density at radius 1 is 1.53 bits per heavy atom. The van der Waals surface area contributed by atoms with Crippen LogP contribution < -0.4 is 10.6 Å². The van der Waals surface area contributed by atoms with Crippen molar-refractivity contribution < 1.29 is 19.6 Å². The van der Waals surface area contributed by atoms with Crippen LogP contribution in [0.15, 0.2) is 12.3 Å². The first-order valence-electron chi connectivity index (χ1n) is 5.22. The van der Waals surface area contributed by atoms with E-state index in [0.29, 0.717) is 0 Å². The Balaban J connectivity index is 3.10. The molecule has 0 spiro atoms. The lowest BCUT2D eigenvalue weighted by atomic mass is 10.2. The van der Waals surface area contributed by atoms with Crippen LogP contribution in [0.4, 0.5) is 11.5 Å². The van der Waals surface area contributed by atoms with E-state index in [9.17, 15) is 19.7 Å². The van der Waals surface area contributed by atoms with Gasteiger partial charge in [-0.2, -0.15) is 0 Å². The Bertz CT molecular complexity index is 531. The van der Waals surface area contributed by atoms with Gasteiger partial charge in [0.2, 0.25) is 5.91 Å². The number of nitrogens with one attached hydrogen (secondary N) is 2. The van der Waals surface area contributed by atoms with Crippen molar-refractivity contribution in [2.75, 3.05) is 12.4 Å². The second-order valence-corrected chi connectivity index (χ2v) is 3.63. The SMILES string of the molecule is CNC(=O)C(C)Nc1ncc([N+](=O)[O-])cc1C(=O)O. The van der Waals surface area contributed by atoms with E-state index in [-0.39, 0.29) is 17.3 Å². The lowest BCUT2D eigenvalue weighted by Gasteiger charge is -2.14. The standard InChI is InChI=1S/C10H12N4O5/c1-5(9(15)11-2)13-8-7(10(16)17)3-6(4-12-8)14(18)19/h3-5H,1-2H3,(H,11,15)(H,12,13)(H,16,17). The molecule has 0 bridgehead atoms. The maximum absolute atomic E-state index is 11.3. The molecule has 1 aromatic rings. The first-order valence-corrected chi connectivity index (χ1v) is 5.22. The molecule has 1 unspecified atom stereocenters. The molecule has 1 rings (SSSR count). The van der Waals surface area contributed by atoms with Gasteiger partial charge in [-0.1, -0.05) is 0 Å². The molecule has 9 nitrogen and oxygen atoms in total. The number of carboxylic acids is 1. The summed E-state index contributed by atoms with van der Waals surface area (Å²) in [4.78, 5) is 35.8. The Hall–Kier alpha value is -2.71. The van der Waals surface area contributed by atoms with E-state index in [1.807, 2.05) is 0 Å². The predicted octanol–water partition coefficient (Wildman–Crippen LogP) is 0.234. The molecule has 1 amide bonds. The quantitative estimate of drug-likeness (QED) is 0.514. The monoisotopic (exact) mass is 268 g/mol. The molecule has 3 N–H and O–H groups in total. The molecule has 0 aliphatic carbocycles. The maximum Gasteiger partial charge on any atom is 0.339 e.